The van der Waals surface area contributed by atoms with Crippen LogP contribution in [0.5, 0.6) is 0 Å². The van der Waals surface area contributed by atoms with Gasteiger partial charge in [-0.2, -0.15) is 0 Å². The average molecular weight is 244 g/mol. The summed E-state index contributed by atoms with van der Waals surface area (Å²) in [4.78, 5) is 0. The molecule has 0 aromatic carbocycles. The van der Waals surface area contributed by atoms with E-state index in [1.54, 1.807) is 12.8 Å². The lowest BCUT2D eigenvalue weighted by Crippen LogP contribution is -2.51. The van der Waals surface area contributed by atoms with Gasteiger partial charge in [0.2, 0.25) is 0 Å². The second-order valence-electron chi connectivity index (χ2n) is 7.81. The summed E-state index contributed by atoms with van der Waals surface area (Å²) < 4.78 is 5.61. The van der Waals surface area contributed by atoms with E-state index in [1.807, 2.05) is 0 Å². The average Bonchev–Trinajstić information content (AvgIpc) is 3.06. The lowest BCUT2D eigenvalue weighted by Gasteiger charge is -2.51. The number of hydrogen-bond donors (Lipinski definition) is 0. The third-order valence-electron chi connectivity index (χ3n) is 7.54. The molecule has 0 amide bonds. The second kappa shape index (κ2) is 3.23. The molecule has 5 aliphatic rings. The van der Waals surface area contributed by atoms with Crippen LogP contribution in [0, 0.1) is 46.8 Å². The smallest absolute Gasteiger partial charge is 0.0547 e. The molecule has 0 aromatic rings. The van der Waals surface area contributed by atoms with E-state index in [9.17, 15) is 0 Å². The molecule has 7 atom stereocenters. The Balaban J connectivity index is 1.49. The van der Waals surface area contributed by atoms with Crippen molar-refractivity contribution in [3.8, 4) is 0 Å². The number of ether oxygens (including phenoxy) is 1. The van der Waals surface area contributed by atoms with Crippen molar-refractivity contribution in [1.82, 2.24) is 0 Å². The summed E-state index contributed by atoms with van der Waals surface area (Å²) in [7, 11) is 0. The molecule has 7 unspecified atom stereocenters. The van der Waals surface area contributed by atoms with Gasteiger partial charge in [0.15, 0.2) is 0 Å². The van der Waals surface area contributed by atoms with E-state index in [2.05, 4.69) is 19.1 Å². The van der Waals surface area contributed by atoms with Crippen molar-refractivity contribution in [2.24, 2.45) is 46.8 Å². The minimum absolute atomic E-state index is 0.593. The maximum atomic E-state index is 5.61. The van der Waals surface area contributed by atoms with Crippen molar-refractivity contribution in [2.45, 2.75) is 32.6 Å². The highest BCUT2D eigenvalue weighted by Gasteiger charge is 2.64. The summed E-state index contributed by atoms with van der Waals surface area (Å²) in [5.74, 6) is 7.26. The SMILES string of the molecule is CCC1(C2CC3CC2C2C4C=CC(C4)C32)COC1. The van der Waals surface area contributed by atoms with Gasteiger partial charge in [-0.05, 0) is 67.1 Å². The maximum Gasteiger partial charge on any atom is 0.0547 e. The van der Waals surface area contributed by atoms with Crippen LogP contribution in [0.15, 0.2) is 12.2 Å². The van der Waals surface area contributed by atoms with Gasteiger partial charge in [0, 0.05) is 5.41 Å². The zero-order valence-electron chi connectivity index (χ0n) is 11.3. The van der Waals surface area contributed by atoms with Crippen molar-refractivity contribution in [2.75, 3.05) is 13.2 Å². The van der Waals surface area contributed by atoms with Crippen molar-refractivity contribution in [3.63, 3.8) is 0 Å². The van der Waals surface area contributed by atoms with Crippen LogP contribution in [-0.4, -0.2) is 13.2 Å². The second-order valence-corrected chi connectivity index (χ2v) is 7.81. The van der Waals surface area contributed by atoms with Crippen LogP contribution in [0.25, 0.3) is 0 Å². The Hall–Kier alpha value is -0.300. The van der Waals surface area contributed by atoms with Gasteiger partial charge in [-0.3, -0.25) is 0 Å². The van der Waals surface area contributed by atoms with E-state index in [0.717, 1.165) is 54.6 Å². The lowest BCUT2D eigenvalue weighted by atomic mass is 9.59. The first-order valence-corrected chi connectivity index (χ1v) is 8.08. The van der Waals surface area contributed by atoms with Crippen molar-refractivity contribution < 1.29 is 4.74 Å². The molecule has 0 spiro atoms. The number of fused-ring (bicyclic) bond motifs is 9. The van der Waals surface area contributed by atoms with Crippen molar-refractivity contribution >= 4 is 0 Å². The van der Waals surface area contributed by atoms with E-state index >= 15 is 0 Å². The fraction of sp³-hybridized carbons (Fsp3) is 0.882. The molecule has 1 nitrogen and oxygen atoms in total. The minimum Gasteiger partial charge on any atom is -0.380 e. The minimum atomic E-state index is 0.593. The van der Waals surface area contributed by atoms with Crippen LogP contribution in [0.4, 0.5) is 0 Å². The van der Waals surface area contributed by atoms with E-state index in [0.29, 0.717) is 5.41 Å². The normalized spacial score (nSPS) is 57.9. The summed E-state index contributed by atoms with van der Waals surface area (Å²) in [5.41, 5.74) is 0.593. The van der Waals surface area contributed by atoms with Crippen LogP contribution in [-0.2, 0) is 4.74 Å². The van der Waals surface area contributed by atoms with Gasteiger partial charge in [-0.1, -0.05) is 19.1 Å². The maximum absolute atomic E-state index is 5.61. The van der Waals surface area contributed by atoms with Gasteiger partial charge < -0.3 is 4.74 Å². The van der Waals surface area contributed by atoms with Crippen LogP contribution < -0.4 is 0 Å². The molecule has 1 heteroatoms. The van der Waals surface area contributed by atoms with Gasteiger partial charge in [0.1, 0.15) is 0 Å². The van der Waals surface area contributed by atoms with Crippen LogP contribution >= 0.6 is 0 Å². The topological polar surface area (TPSA) is 9.23 Å². The Labute approximate surface area is 110 Å². The molecule has 5 rings (SSSR count). The van der Waals surface area contributed by atoms with Crippen LogP contribution in [0.1, 0.15) is 32.6 Å². The summed E-state index contributed by atoms with van der Waals surface area (Å²) in [6.45, 7) is 4.53. The Bertz CT molecular complexity index is 402. The zero-order chi connectivity index (χ0) is 11.9. The summed E-state index contributed by atoms with van der Waals surface area (Å²) in [5, 5.41) is 0. The third-order valence-corrected chi connectivity index (χ3v) is 7.54. The van der Waals surface area contributed by atoms with E-state index in [1.165, 1.54) is 12.8 Å². The Kier molecular flexibility index (Phi) is 1.88. The Morgan fingerprint density at radius 2 is 1.83 bits per heavy atom. The highest BCUT2D eigenvalue weighted by atomic mass is 16.5. The standard InChI is InChI=1S/C17H24O/c1-2-17(8-18-9-17)14-7-12-6-13(14)16-11-4-3-10(5-11)15(12)16/h3-4,10-16H,2,5-9H2,1H3. The van der Waals surface area contributed by atoms with Gasteiger partial charge in [0.25, 0.3) is 0 Å². The molecule has 4 aliphatic carbocycles. The van der Waals surface area contributed by atoms with E-state index < -0.39 is 0 Å². The first kappa shape index (κ1) is 10.5. The largest absolute Gasteiger partial charge is 0.380 e. The van der Waals surface area contributed by atoms with Gasteiger partial charge in [-0.15, -0.1) is 0 Å². The predicted molar refractivity (Wildman–Crippen MR) is 71.0 cm³/mol. The molecule has 1 saturated heterocycles. The molecule has 0 aromatic heterocycles. The molecule has 4 fully saturated rings. The van der Waals surface area contributed by atoms with Crippen molar-refractivity contribution in [1.29, 1.82) is 0 Å². The number of hydrogen-bond acceptors (Lipinski definition) is 1. The Morgan fingerprint density at radius 1 is 1.06 bits per heavy atom. The van der Waals surface area contributed by atoms with Gasteiger partial charge in [0.05, 0.1) is 13.2 Å². The van der Waals surface area contributed by atoms with Crippen molar-refractivity contribution in [3.05, 3.63) is 12.2 Å². The Morgan fingerprint density at radius 3 is 2.50 bits per heavy atom. The highest BCUT2D eigenvalue weighted by Crippen LogP contribution is 2.70. The number of allylic oxidation sites excluding steroid dienone is 2. The quantitative estimate of drug-likeness (QED) is 0.533. The highest BCUT2D eigenvalue weighted by molar-refractivity contribution is 5.22. The molecular weight excluding hydrogens is 220 g/mol. The first-order chi connectivity index (χ1) is 8.82. The lowest BCUT2D eigenvalue weighted by molar-refractivity contribution is -0.166. The third kappa shape index (κ3) is 1.02. The molecule has 18 heavy (non-hydrogen) atoms. The fourth-order valence-corrected chi connectivity index (χ4v) is 6.76. The first-order valence-electron chi connectivity index (χ1n) is 8.08. The van der Waals surface area contributed by atoms with Crippen LogP contribution in [0.3, 0.4) is 0 Å². The predicted octanol–water partition coefficient (Wildman–Crippen LogP) is 3.51. The van der Waals surface area contributed by atoms with Gasteiger partial charge in [-0.25, -0.2) is 0 Å². The monoisotopic (exact) mass is 244 g/mol. The number of rotatable bonds is 2. The van der Waals surface area contributed by atoms with E-state index in [4.69, 9.17) is 4.74 Å². The molecule has 98 valence electrons. The van der Waals surface area contributed by atoms with Crippen LogP contribution in [0.2, 0.25) is 0 Å². The zero-order valence-corrected chi connectivity index (χ0v) is 11.3. The molecule has 0 N–H and O–H groups in total. The molecule has 1 heterocycles. The van der Waals surface area contributed by atoms with Gasteiger partial charge >= 0.3 is 0 Å². The summed E-state index contributed by atoms with van der Waals surface area (Å²) in [6.07, 6.45) is 11.1. The molecule has 3 saturated carbocycles. The molecule has 0 radical (unpaired) electrons. The molecule has 1 aliphatic heterocycles. The molecule has 4 bridgehead atoms. The van der Waals surface area contributed by atoms with E-state index in [-0.39, 0.29) is 0 Å². The summed E-state index contributed by atoms with van der Waals surface area (Å²) >= 11 is 0. The summed E-state index contributed by atoms with van der Waals surface area (Å²) in [6, 6.07) is 0. The molecular formula is C17H24O. The fourth-order valence-electron chi connectivity index (χ4n) is 6.76.